The predicted octanol–water partition coefficient (Wildman–Crippen LogP) is 2.62. The van der Waals surface area contributed by atoms with Gasteiger partial charge in [0.15, 0.2) is 5.82 Å². The van der Waals surface area contributed by atoms with E-state index in [1.165, 1.54) is 11.3 Å². The van der Waals surface area contributed by atoms with Crippen molar-refractivity contribution in [2.24, 2.45) is 0 Å². The molecule has 0 aromatic carbocycles. The SMILES string of the molecule is CCCOc1nc(N)nc(-c2ccc(Cl)s2)n1. The van der Waals surface area contributed by atoms with E-state index >= 15 is 0 Å². The Kier molecular flexibility index (Phi) is 3.75. The molecule has 90 valence electrons. The van der Waals surface area contributed by atoms with Crippen molar-refractivity contribution in [2.45, 2.75) is 13.3 Å². The molecule has 0 spiro atoms. The number of hydrogen-bond donors (Lipinski definition) is 1. The highest BCUT2D eigenvalue weighted by atomic mass is 35.5. The summed E-state index contributed by atoms with van der Waals surface area (Å²) in [6.45, 7) is 2.55. The Morgan fingerprint density at radius 3 is 2.82 bits per heavy atom. The molecule has 0 fully saturated rings. The maximum atomic E-state index is 5.86. The maximum absolute atomic E-state index is 5.86. The van der Waals surface area contributed by atoms with Crippen LogP contribution in [0.4, 0.5) is 5.95 Å². The zero-order valence-electron chi connectivity index (χ0n) is 9.18. The van der Waals surface area contributed by atoms with Crippen LogP contribution in [0.3, 0.4) is 0 Å². The monoisotopic (exact) mass is 270 g/mol. The van der Waals surface area contributed by atoms with Gasteiger partial charge in [0.1, 0.15) is 0 Å². The van der Waals surface area contributed by atoms with E-state index in [2.05, 4.69) is 15.0 Å². The van der Waals surface area contributed by atoms with Gasteiger partial charge in [0.05, 0.1) is 15.8 Å². The molecule has 7 heteroatoms. The van der Waals surface area contributed by atoms with E-state index in [0.717, 1.165) is 11.3 Å². The fraction of sp³-hybridized carbons (Fsp3) is 0.300. The normalized spacial score (nSPS) is 10.5. The fourth-order valence-corrected chi connectivity index (χ4v) is 2.15. The minimum Gasteiger partial charge on any atom is -0.463 e. The molecule has 0 aliphatic rings. The zero-order valence-corrected chi connectivity index (χ0v) is 10.8. The largest absolute Gasteiger partial charge is 0.463 e. The van der Waals surface area contributed by atoms with E-state index in [1.807, 2.05) is 13.0 Å². The van der Waals surface area contributed by atoms with E-state index < -0.39 is 0 Å². The molecule has 2 aromatic rings. The number of thiophene rings is 1. The van der Waals surface area contributed by atoms with Crippen molar-refractivity contribution in [3.63, 3.8) is 0 Å². The van der Waals surface area contributed by atoms with Crippen molar-refractivity contribution < 1.29 is 4.74 Å². The number of nitrogen functional groups attached to an aromatic ring is 1. The smallest absolute Gasteiger partial charge is 0.321 e. The Morgan fingerprint density at radius 1 is 1.35 bits per heavy atom. The van der Waals surface area contributed by atoms with Gasteiger partial charge in [0.2, 0.25) is 5.95 Å². The highest BCUT2D eigenvalue weighted by Gasteiger charge is 2.09. The van der Waals surface area contributed by atoms with E-state index in [1.54, 1.807) is 6.07 Å². The fourth-order valence-electron chi connectivity index (χ4n) is 1.17. The average Bonchev–Trinajstić information content (AvgIpc) is 2.72. The molecule has 0 atom stereocenters. The van der Waals surface area contributed by atoms with Crippen molar-refractivity contribution in [3.8, 4) is 16.7 Å². The summed E-state index contributed by atoms with van der Waals surface area (Å²) in [6, 6.07) is 3.87. The number of rotatable bonds is 4. The minimum atomic E-state index is 0.144. The van der Waals surface area contributed by atoms with E-state index in [9.17, 15) is 0 Å². The Morgan fingerprint density at radius 2 is 2.18 bits per heavy atom. The molecule has 17 heavy (non-hydrogen) atoms. The van der Waals surface area contributed by atoms with Crippen LogP contribution in [0.1, 0.15) is 13.3 Å². The van der Waals surface area contributed by atoms with Crippen LogP contribution < -0.4 is 10.5 Å². The summed E-state index contributed by atoms with van der Waals surface area (Å²) in [4.78, 5) is 13.0. The third-order valence-corrected chi connectivity index (χ3v) is 3.09. The Balaban J connectivity index is 2.31. The van der Waals surface area contributed by atoms with Gasteiger partial charge in [-0.25, -0.2) is 0 Å². The Hall–Kier alpha value is -1.40. The van der Waals surface area contributed by atoms with Crippen LogP contribution in [0.15, 0.2) is 12.1 Å². The molecule has 0 aliphatic carbocycles. The summed E-state index contributed by atoms with van der Waals surface area (Å²) in [6.07, 6.45) is 0.881. The lowest BCUT2D eigenvalue weighted by atomic mass is 10.4. The van der Waals surface area contributed by atoms with Crippen LogP contribution in [0, 0.1) is 0 Å². The molecule has 0 bridgehead atoms. The number of aromatic nitrogens is 3. The highest BCUT2D eigenvalue weighted by Crippen LogP contribution is 2.29. The number of nitrogens with zero attached hydrogens (tertiary/aromatic N) is 3. The van der Waals surface area contributed by atoms with E-state index in [-0.39, 0.29) is 12.0 Å². The van der Waals surface area contributed by atoms with Gasteiger partial charge in [-0.2, -0.15) is 15.0 Å². The van der Waals surface area contributed by atoms with Gasteiger partial charge in [0, 0.05) is 0 Å². The van der Waals surface area contributed by atoms with Gasteiger partial charge < -0.3 is 10.5 Å². The molecular weight excluding hydrogens is 260 g/mol. The molecule has 2 rings (SSSR count). The van der Waals surface area contributed by atoms with Crippen molar-refractivity contribution >= 4 is 28.9 Å². The van der Waals surface area contributed by atoms with Gasteiger partial charge >= 0.3 is 6.01 Å². The number of halogens is 1. The first kappa shape index (κ1) is 12.1. The topological polar surface area (TPSA) is 73.9 Å². The average molecular weight is 271 g/mol. The van der Waals surface area contributed by atoms with Crippen molar-refractivity contribution in [2.75, 3.05) is 12.3 Å². The van der Waals surface area contributed by atoms with Crippen LogP contribution in [-0.2, 0) is 0 Å². The molecule has 2 N–H and O–H groups in total. The lowest BCUT2D eigenvalue weighted by Gasteiger charge is -2.04. The molecule has 0 radical (unpaired) electrons. The number of nitrogens with two attached hydrogens (primary N) is 1. The highest BCUT2D eigenvalue weighted by molar-refractivity contribution is 7.19. The van der Waals surface area contributed by atoms with Crippen molar-refractivity contribution in [3.05, 3.63) is 16.5 Å². The molecule has 0 saturated heterocycles. The van der Waals surface area contributed by atoms with Gasteiger partial charge in [-0.1, -0.05) is 18.5 Å². The molecule has 2 aromatic heterocycles. The number of hydrogen-bond acceptors (Lipinski definition) is 6. The van der Waals surface area contributed by atoms with Crippen LogP contribution >= 0.6 is 22.9 Å². The van der Waals surface area contributed by atoms with Crippen molar-refractivity contribution in [1.82, 2.24) is 15.0 Å². The van der Waals surface area contributed by atoms with E-state index in [0.29, 0.717) is 16.8 Å². The third-order valence-electron chi connectivity index (χ3n) is 1.86. The Labute approximate surface area is 108 Å². The summed E-state index contributed by atoms with van der Waals surface area (Å²) in [5.41, 5.74) is 5.60. The second-order valence-electron chi connectivity index (χ2n) is 3.25. The van der Waals surface area contributed by atoms with Gasteiger partial charge in [0.25, 0.3) is 0 Å². The summed E-state index contributed by atoms with van der Waals surface area (Å²) >= 11 is 7.24. The van der Waals surface area contributed by atoms with Crippen LogP contribution in [0.5, 0.6) is 6.01 Å². The van der Waals surface area contributed by atoms with Gasteiger partial charge in [-0.05, 0) is 18.6 Å². The minimum absolute atomic E-state index is 0.144. The quantitative estimate of drug-likeness (QED) is 0.924. The second-order valence-corrected chi connectivity index (χ2v) is 4.97. The summed E-state index contributed by atoms with van der Waals surface area (Å²) in [5, 5.41) is 0. The molecule has 2 heterocycles. The number of anilines is 1. The molecular formula is C10H11ClN4OS. The first-order valence-corrected chi connectivity index (χ1v) is 6.28. The lowest BCUT2D eigenvalue weighted by Crippen LogP contribution is -2.05. The molecule has 0 aliphatic heterocycles. The zero-order chi connectivity index (χ0) is 12.3. The summed E-state index contributed by atoms with van der Waals surface area (Å²) < 4.78 is 6.01. The van der Waals surface area contributed by atoms with Gasteiger partial charge in [-0.3, -0.25) is 0 Å². The molecule has 0 unspecified atom stereocenters. The summed E-state index contributed by atoms with van der Waals surface area (Å²) in [7, 11) is 0. The van der Waals surface area contributed by atoms with E-state index in [4.69, 9.17) is 22.1 Å². The van der Waals surface area contributed by atoms with Crippen molar-refractivity contribution in [1.29, 1.82) is 0 Å². The first-order chi connectivity index (χ1) is 8.19. The Bertz CT molecular complexity index is 517. The van der Waals surface area contributed by atoms with Crippen LogP contribution in [0.25, 0.3) is 10.7 Å². The standard InChI is InChI=1S/C10H11ClN4OS/c1-2-5-16-10-14-8(13-9(12)15-10)6-3-4-7(11)17-6/h3-4H,2,5H2,1H3,(H2,12,13,14,15). The first-order valence-electron chi connectivity index (χ1n) is 5.09. The predicted molar refractivity (Wildman–Crippen MR) is 68.3 cm³/mol. The van der Waals surface area contributed by atoms with Crippen LogP contribution in [0.2, 0.25) is 4.34 Å². The number of ether oxygens (including phenoxy) is 1. The second kappa shape index (κ2) is 5.29. The van der Waals surface area contributed by atoms with Crippen LogP contribution in [-0.4, -0.2) is 21.6 Å². The summed E-state index contributed by atoms with van der Waals surface area (Å²) in [5.74, 6) is 0.631. The third kappa shape index (κ3) is 3.04. The lowest BCUT2D eigenvalue weighted by molar-refractivity contribution is 0.292. The molecule has 5 nitrogen and oxygen atoms in total. The maximum Gasteiger partial charge on any atom is 0.321 e. The molecule has 0 saturated carbocycles. The molecule has 0 amide bonds. The van der Waals surface area contributed by atoms with Gasteiger partial charge in [-0.15, -0.1) is 11.3 Å².